The molecule has 4 aromatic rings. The first-order valence-corrected chi connectivity index (χ1v) is 10.6. The molecule has 1 heterocycles. The van der Waals surface area contributed by atoms with Crippen molar-refractivity contribution in [1.29, 1.82) is 0 Å². The first kappa shape index (κ1) is 21.4. The van der Waals surface area contributed by atoms with E-state index in [4.69, 9.17) is 9.15 Å². The highest BCUT2D eigenvalue weighted by Gasteiger charge is 2.15. The number of ether oxygens (including phenoxy) is 1. The molecule has 4 heteroatoms. The molecule has 32 heavy (non-hydrogen) atoms. The molecule has 3 aromatic carbocycles. The van der Waals surface area contributed by atoms with E-state index >= 15 is 0 Å². The van der Waals surface area contributed by atoms with Gasteiger partial charge < -0.3 is 14.5 Å². The Morgan fingerprint density at radius 3 is 2.31 bits per heavy atom. The van der Waals surface area contributed by atoms with Crippen LogP contribution in [0.1, 0.15) is 29.2 Å². The van der Waals surface area contributed by atoms with Gasteiger partial charge in [-0.2, -0.15) is 0 Å². The van der Waals surface area contributed by atoms with E-state index in [0.717, 1.165) is 38.8 Å². The number of methoxy groups -OCH3 is 1. The van der Waals surface area contributed by atoms with Crippen molar-refractivity contribution in [3.8, 4) is 16.9 Å². The minimum Gasteiger partial charge on any atom is -0.496 e. The van der Waals surface area contributed by atoms with Crippen molar-refractivity contribution in [3.05, 3.63) is 95.3 Å². The van der Waals surface area contributed by atoms with Crippen LogP contribution < -0.4 is 10.1 Å². The van der Waals surface area contributed by atoms with Gasteiger partial charge in [0.1, 0.15) is 11.3 Å². The molecule has 1 amide bonds. The molecule has 0 fully saturated rings. The third-order valence-corrected chi connectivity index (χ3v) is 5.62. The summed E-state index contributed by atoms with van der Waals surface area (Å²) in [5, 5.41) is 3.94. The van der Waals surface area contributed by atoms with Crippen LogP contribution in [0, 0.1) is 13.8 Å². The normalized spacial score (nSPS) is 11.6. The predicted octanol–water partition coefficient (Wildman–Crippen LogP) is 6.44. The summed E-state index contributed by atoms with van der Waals surface area (Å²) in [5.41, 5.74) is 8.00. The van der Waals surface area contributed by atoms with Crippen LogP contribution >= 0.6 is 0 Å². The lowest BCUT2D eigenvalue weighted by Crippen LogP contribution is -2.20. The van der Waals surface area contributed by atoms with Gasteiger partial charge in [-0.25, -0.2) is 0 Å². The van der Waals surface area contributed by atoms with E-state index in [1.54, 1.807) is 19.4 Å². The van der Waals surface area contributed by atoms with Crippen molar-refractivity contribution in [3.63, 3.8) is 0 Å². The smallest absolute Gasteiger partial charge is 0.244 e. The van der Waals surface area contributed by atoms with Gasteiger partial charge in [0, 0.05) is 35.2 Å². The molecule has 1 N–H and O–H groups in total. The SMILES string of the molecule is COc1cc2occ(-c3ccc(C)cc3)c2cc1/C(C)=C/C(=O)NCc1ccc(C)cc1. The molecule has 0 bridgehead atoms. The van der Waals surface area contributed by atoms with E-state index in [1.807, 2.05) is 50.2 Å². The fourth-order valence-electron chi connectivity index (χ4n) is 3.71. The topological polar surface area (TPSA) is 51.5 Å². The Hall–Kier alpha value is -3.79. The average molecular weight is 426 g/mol. The summed E-state index contributed by atoms with van der Waals surface area (Å²) in [5.74, 6) is 0.526. The number of nitrogens with one attached hydrogen (secondary N) is 1. The van der Waals surface area contributed by atoms with Crippen molar-refractivity contribution >= 4 is 22.4 Å². The van der Waals surface area contributed by atoms with Gasteiger partial charge in [-0.15, -0.1) is 0 Å². The Bertz CT molecular complexity index is 1280. The van der Waals surface area contributed by atoms with Gasteiger partial charge >= 0.3 is 0 Å². The van der Waals surface area contributed by atoms with E-state index < -0.39 is 0 Å². The van der Waals surface area contributed by atoms with Crippen molar-refractivity contribution in [2.75, 3.05) is 7.11 Å². The highest BCUT2D eigenvalue weighted by atomic mass is 16.5. The van der Waals surface area contributed by atoms with Gasteiger partial charge in [0.25, 0.3) is 0 Å². The molecule has 0 aliphatic heterocycles. The summed E-state index contributed by atoms with van der Waals surface area (Å²) in [6, 6.07) is 20.4. The van der Waals surface area contributed by atoms with Crippen LogP contribution in [0.25, 0.3) is 27.7 Å². The van der Waals surface area contributed by atoms with Crippen LogP contribution in [0.4, 0.5) is 0 Å². The van der Waals surface area contributed by atoms with E-state index in [9.17, 15) is 4.79 Å². The first-order valence-electron chi connectivity index (χ1n) is 10.6. The second-order valence-electron chi connectivity index (χ2n) is 8.09. The number of allylic oxidation sites excluding steroid dienone is 1. The zero-order valence-electron chi connectivity index (χ0n) is 18.9. The molecule has 0 saturated heterocycles. The molecule has 4 rings (SSSR count). The number of furan rings is 1. The van der Waals surface area contributed by atoms with Gasteiger partial charge in [-0.3, -0.25) is 4.79 Å². The van der Waals surface area contributed by atoms with Crippen LogP contribution in [0.5, 0.6) is 5.75 Å². The molecule has 0 spiro atoms. The van der Waals surface area contributed by atoms with Crippen molar-refractivity contribution < 1.29 is 13.9 Å². The van der Waals surface area contributed by atoms with Gasteiger partial charge in [0.15, 0.2) is 0 Å². The monoisotopic (exact) mass is 425 g/mol. The summed E-state index contributed by atoms with van der Waals surface area (Å²) in [6.07, 6.45) is 3.38. The zero-order valence-corrected chi connectivity index (χ0v) is 18.9. The standard InChI is InChI=1S/C28H27NO3/c1-18-5-9-21(10-6-18)16-29-28(30)13-20(3)23-14-24-25(22-11-7-19(2)8-12-22)17-32-27(24)15-26(23)31-4/h5-15,17H,16H2,1-4H3,(H,29,30)/b20-13+. The summed E-state index contributed by atoms with van der Waals surface area (Å²) >= 11 is 0. The largest absolute Gasteiger partial charge is 0.496 e. The van der Waals surface area contributed by atoms with Gasteiger partial charge in [-0.05, 0) is 43.5 Å². The minimum absolute atomic E-state index is 0.142. The lowest BCUT2D eigenvalue weighted by atomic mass is 9.99. The fraction of sp³-hybridized carbons (Fsp3) is 0.179. The van der Waals surface area contributed by atoms with Crippen molar-refractivity contribution in [2.24, 2.45) is 0 Å². The Labute approximate surface area is 188 Å². The second kappa shape index (κ2) is 9.15. The van der Waals surface area contributed by atoms with Gasteiger partial charge in [-0.1, -0.05) is 59.7 Å². The number of hydrogen-bond donors (Lipinski definition) is 1. The van der Waals surface area contributed by atoms with E-state index in [1.165, 1.54) is 11.1 Å². The predicted molar refractivity (Wildman–Crippen MR) is 130 cm³/mol. The van der Waals surface area contributed by atoms with Crippen LogP contribution in [0.2, 0.25) is 0 Å². The third kappa shape index (κ3) is 4.59. The maximum absolute atomic E-state index is 12.6. The lowest BCUT2D eigenvalue weighted by Gasteiger charge is -2.10. The molecule has 0 aliphatic carbocycles. The Balaban J connectivity index is 1.62. The van der Waals surface area contributed by atoms with Crippen LogP contribution in [0.3, 0.4) is 0 Å². The van der Waals surface area contributed by atoms with E-state index in [2.05, 4.69) is 36.5 Å². The molecular weight excluding hydrogens is 398 g/mol. The number of benzene rings is 3. The molecule has 0 unspecified atom stereocenters. The van der Waals surface area contributed by atoms with Crippen molar-refractivity contribution in [1.82, 2.24) is 5.32 Å². The number of carbonyl (C=O) groups is 1. The van der Waals surface area contributed by atoms with Crippen LogP contribution in [-0.4, -0.2) is 13.0 Å². The fourth-order valence-corrected chi connectivity index (χ4v) is 3.71. The number of amides is 1. The van der Waals surface area contributed by atoms with E-state index in [0.29, 0.717) is 12.3 Å². The molecule has 0 aliphatic rings. The summed E-state index contributed by atoms with van der Waals surface area (Å²) in [6.45, 7) is 6.51. The molecule has 0 atom stereocenters. The lowest BCUT2D eigenvalue weighted by molar-refractivity contribution is -0.116. The molecule has 1 aromatic heterocycles. The molecule has 162 valence electrons. The van der Waals surface area contributed by atoms with E-state index in [-0.39, 0.29) is 5.91 Å². The average Bonchev–Trinajstić information content (AvgIpc) is 3.21. The van der Waals surface area contributed by atoms with Crippen molar-refractivity contribution in [2.45, 2.75) is 27.3 Å². The number of fused-ring (bicyclic) bond motifs is 1. The van der Waals surface area contributed by atoms with Crippen LogP contribution in [0.15, 0.2) is 77.4 Å². The Morgan fingerprint density at radius 1 is 1.00 bits per heavy atom. The maximum Gasteiger partial charge on any atom is 0.244 e. The number of carbonyl (C=O) groups excluding carboxylic acids is 1. The summed E-state index contributed by atoms with van der Waals surface area (Å²) < 4.78 is 11.4. The number of aryl methyl sites for hydroxylation is 2. The molecule has 4 nitrogen and oxygen atoms in total. The quantitative estimate of drug-likeness (QED) is 0.361. The van der Waals surface area contributed by atoms with Gasteiger partial charge in [0.2, 0.25) is 5.91 Å². The molecule has 0 radical (unpaired) electrons. The second-order valence-corrected chi connectivity index (χ2v) is 8.09. The Kier molecular flexibility index (Phi) is 6.13. The first-order chi connectivity index (χ1) is 15.4. The molecular formula is C28H27NO3. The Morgan fingerprint density at radius 2 is 1.66 bits per heavy atom. The number of hydrogen-bond acceptors (Lipinski definition) is 3. The highest BCUT2D eigenvalue weighted by molar-refractivity contribution is 6.00. The van der Waals surface area contributed by atoms with Gasteiger partial charge in [0.05, 0.1) is 13.4 Å². The maximum atomic E-state index is 12.6. The minimum atomic E-state index is -0.142. The highest BCUT2D eigenvalue weighted by Crippen LogP contribution is 2.37. The zero-order chi connectivity index (χ0) is 22.7. The third-order valence-electron chi connectivity index (χ3n) is 5.62. The van der Waals surface area contributed by atoms with Crippen LogP contribution in [-0.2, 0) is 11.3 Å². The molecule has 0 saturated carbocycles. The number of rotatable bonds is 6. The summed E-state index contributed by atoms with van der Waals surface area (Å²) in [7, 11) is 1.62. The summed E-state index contributed by atoms with van der Waals surface area (Å²) in [4.78, 5) is 12.6.